The van der Waals surface area contributed by atoms with E-state index in [0.29, 0.717) is 24.2 Å². The number of phenols is 1. The maximum atomic E-state index is 12.1. The van der Waals surface area contributed by atoms with Crippen molar-refractivity contribution in [3.05, 3.63) is 29.3 Å². The molecule has 0 radical (unpaired) electrons. The number of hydrogen-bond donors (Lipinski definition) is 2. The highest BCUT2D eigenvalue weighted by molar-refractivity contribution is 5.94. The van der Waals surface area contributed by atoms with Crippen LogP contribution in [0.2, 0.25) is 0 Å². The molecule has 0 aliphatic heterocycles. The van der Waals surface area contributed by atoms with Crippen LogP contribution in [0.15, 0.2) is 18.2 Å². The summed E-state index contributed by atoms with van der Waals surface area (Å²) < 4.78 is 0. The van der Waals surface area contributed by atoms with E-state index in [9.17, 15) is 9.90 Å². The number of aliphatic hydroxyl groups excluding tert-OH is 1. The lowest BCUT2D eigenvalue weighted by molar-refractivity contribution is 0.0722. The minimum atomic E-state index is -0.107. The predicted octanol–water partition coefficient (Wildman–Crippen LogP) is 1.55. The zero-order chi connectivity index (χ0) is 12.8. The molecule has 94 valence electrons. The second-order valence-corrected chi connectivity index (χ2v) is 4.02. The van der Waals surface area contributed by atoms with E-state index in [1.165, 1.54) is 6.07 Å². The molecule has 0 bridgehead atoms. The molecule has 2 N–H and O–H groups in total. The van der Waals surface area contributed by atoms with Gasteiger partial charge in [0.05, 0.1) is 6.61 Å². The van der Waals surface area contributed by atoms with Crippen LogP contribution in [-0.2, 0) is 0 Å². The lowest BCUT2D eigenvalue weighted by atomic mass is 10.1. The van der Waals surface area contributed by atoms with Gasteiger partial charge in [0.25, 0.3) is 5.91 Å². The van der Waals surface area contributed by atoms with Gasteiger partial charge < -0.3 is 15.1 Å². The highest BCUT2D eigenvalue weighted by Gasteiger charge is 2.15. The van der Waals surface area contributed by atoms with Gasteiger partial charge in [0.1, 0.15) is 5.75 Å². The molecule has 0 atom stereocenters. The topological polar surface area (TPSA) is 60.8 Å². The van der Waals surface area contributed by atoms with Crippen molar-refractivity contribution in [3.8, 4) is 5.75 Å². The van der Waals surface area contributed by atoms with Gasteiger partial charge in [0, 0.05) is 18.7 Å². The molecule has 1 rings (SSSR count). The Morgan fingerprint density at radius 1 is 1.35 bits per heavy atom. The molecule has 17 heavy (non-hydrogen) atoms. The largest absolute Gasteiger partial charge is 0.508 e. The summed E-state index contributed by atoms with van der Waals surface area (Å²) in [5, 5.41) is 18.3. The smallest absolute Gasteiger partial charge is 0.253 e. The highest BCUT2D eigenvalue weighted by atomic mass is 16.3. The standard InChI is InChI=1S/C13H19NO3/c1-3-6-14(7-8-15)13(17)11-4-5-12(16)10(2)9-11/h4-5,9,15-16H,3,6-8H2,1-2H3. The van der Waals surface area contributed by atoms with Crippen LogP contribution in [0, 0.1) is 6.92 Å². The van der Waals surface area contributed by atoms with E-state index in [2.05, 4.69) is 0 Å². The normalized spacial score (nSPS) is 10.3. The number of amides is 1. The van der Waals surface area contributed by atoms with Gasteiger partial charge in [-0.3, -0.25) is 4.79 Å². The number of aryl methyl sites for hydroxylation is 1. The maximum Gasteiger partial charge on any atom is 0.253 e. The molecule has 0 unspecified atom stereocenters. The van der Waals surface area contributed by atoms with Crippen molar-refractivity contribution in [3.63, 3.8) is 0 Å². The fourth-order valence-electron chi connectivity index (χ4n) is 1.68. The molecule has 0 saturated heterocycles. The molecule has 4 nitrogen and oxygen atoms in total. The van der Waals surface area contributed by atoms with Gasteiger partial charge in [-0.2, -0.15) is 0 Å². The number of rotatable bonds is 5. The van der Waals surface area contributed by atoms with E-state index >= 15 is 0 Å². The van der Waals surface area contributed by atoms with E-state index < -0.39 is 0 Å². The maximum absolute atomic E-state index is 12.1. The van der Waals surface area contributed by atoms with Crippen molar-refractivity contribution in [1.29, 1.82) is 0 Å². The van der Waals surface area contributed by atoms with Crippen molar-refractivity contribution in [2.24, 2.45) is 0 Å². The van der Waals surface area contributed by atoms with Gasteiger partial charge in [-0.15, -0.1) is 0 Å². The number of aromatic hydroxyl groups is 1. The first-order valence-corrected chi connectivity index (χ1v) is 5.80. The summed E-state index contributed by atoms with van der Waals surface area (Å²) in [7, 11) is 0. The summed E-state index contributed by atoms with van der Waals surface area (Å²) in [5.74, 6) is 0.0785. The molecule has 0 spiro atoms. The average molecular weight is 237 g/mol. The Balaban J connectivity index is 2.88. The van der Waals surface area contributed by atoms with E-state index in [0.717, 1.165) is 6.42 Å². The lowest BCUT2D eigenvalue weighted by Gasteiger charge is -2.21. The van der Waals surface area contributed by atoms with Gasteiger partial charge >= 0.3 is 0 Å². The molecule has 0 heterocycles. The van der Waals surface area contributed by atoms with Crippen molar-refractivity contribution < 1.29 is 15.0 Å². The fraction of sp³-hybridized carbons (Fsp3) is 0.462. The van der Waals surface area contributed by atoms with Crippen molar-refractivity contribution >= 4 is 5.91 Å². The molecular formula is C13H19NO3. The number of aliphatic hydroxyl groups is 1. The van der Waals surface area contributed by atoms with Gasteiger partial charge in [-0.05, 0) is 37.1 Å². The molecule has 0 aromatic heterocycles. The fourth-order valence-corrected chi connectivity index (χ4v) is 1.68. The van der Waals surface area contributed by atoms with E-state index in [-0.39, 0.29) is 18.3 Å². The summed E-state index contributed by atoms with van der Waals surface area (Å²) in [6.07, 6.45) is 0.850. The van der Waals surface area contributed by atoms with E-state index in [4.69, 9.17) is 5.11 Å². The van der Waals surface area contributed by atoms with Gasteiger partial charge in [-0.25, -0.2) is 0 Å². The molecule has 0 aliphatic carbocycles. The summed E-state index contributed by atoms with van der Waals surface area (Å²) in [6, 6.07) is 4.79. The first-order chi connectivity index (χ1) is 8.10. The van der Waals surface area contributed by atoms with Crippen LogP contribution < -0.4 is 0 Å². The minimum Gasteiger partial charge on any atom is -0.508 e. The SMILES string of the molecule is CCCN(CCO)C(=O)c1ccc(O)c(C)c1. The second kappa shape index (κ2) is 6.25. The van der Waals surface area contributed by atoms with Crippen LogP contribution in [0.4, 0.5) is 0 Å². The number of carbonyl (C=O) groups excluding carboxylic acids is 1. The highest BCUT2D eigenvalue weighted by Crippen LogP contribution is 2.18. The second-order valence-electron chi connectivity index (χ2n) is 4.02. The predicted molar refractivity (Wildman–Crippen MR) is 66.1 cm³/mol. The Kier molecular flexibility index (Phi) is 4.97. The Morgan fingerprint density at radius 3 is 2.59 bits per heavy atom. The molecule has 0 fully saturated rings. The van der Waals surface area contributed by atoms with Crippen LogP contribution in [0.3, 0.4) is 0 Å². The molecule has 0 saturated carbocycles. The summed E-state index contributed by atoms with van der Waals surface area (Å²) in [5.41, 5.74) is 1.22. The number of nitrogens with zero attached hydrogens (tertiary/aromatic N) is 1. The number of hydrogen-bond acceptors (Lipinski definition) is 3. The van der Waals surface area contributed by atoms with Crippen molar-refractivity contribution in [1.82, 2.24) is 4.90 Å². The van der Waals surface area contributed by atoms with E-state index in [1.54, 1.807) is 24.0 Å². The molecule has 4 heteroatoms. The van der Waals surface area contributed by atoms with E-state index in [1.807, 2.05) is 6.92 Å². The monoisotopic (exact) mass is 237 g/mol. The third-order valence-electron chi connectivity index (χ3n) is 2.59. The zero-order valence-corrected chi connectivity index (χ0v) is 10.3. The lowest BCUT2D eigenvalue weighted by Crippen LogP contribution is -2.34. The third kappa shape index (κ3) is 3.46. The summed E-state index contributed by atoms with van der Waals surface area (Å²) in [4.78, 5) is 13.7. The van der Waals surface area contributed by atoms with Crippen molar-refractivity contribution in [2.45, 2.75) is 20.3 Å². The first kappa shape index (κ1) is 13.5. The molecular weight excluding hydrogens is 218 g/mol. The Hall–Kier alpha value is -1.55. The molecule has 1 aromatic carbocycles. The minimum absolute atomic E-state index is 0.0389. The van der Waals surface area contributed by atoms with Gasteiger partial charge in [-0.1, -0.05) is 6.92 Å². The molecule has 1 aromatic rings. The van der Waals surface area contributed by atoms with Crippen LogP contribution in [0.25, 0.3) is 0 Å². The van der Waals surface area contributed by atoms with Crippen LogP contribution >= 0.6 is 0 Å². The number of phenolic OH excluding ortho intramolecular Hbond substituents is 1. The summed E-state index contributed by atoms with van der Waals surface area (Å²) >= 11 is 0. The summed E-state index contributed by atoms with van der Waals surface area (Å²) in [6.45, 7) is 4.66. The number of benzene rings is 1. The average Bonchev–Trinajstić information content (AvgIpc) is 2.31. The Bertz CT molecular complexity index is 384. The third-order valence-corrected chi connectivity index (χ3v) is 2.59. The zero-order valence-electron chi connectivity index (χ0n) is 10.3. The van der Waals surface area contributed by atoms with Crippen LogP contribution in [0.1, 0.15) is 29.3 Å². The molecule has 1 amide bonds. The molecule has 0 aliphatic rings. The Labute approximate surface area is 101 Å². The van der Waals surface area contributed by atoms with Gasteiger partial charge in [0.2, 0.25) is 0 Å². The van der Waals surface area contributed by atoms with Crippen molar-refractivity contribution in [2.75, 3.05) is 19.7 Å². The van der Waals surface area contributed by atoms with Gasteiger partial charge in [0.15, 0.2) is 0 Å². The quantitative estimate of drug-likeness (QED) is 0.816. The number of carbonyl (C=O) groups is 1. The van der Waals surface area contributed by atoms with Crippen LogP contribution in [0.5, 0.6) is 5.75 Å². The Morgan fingerprint density at radius 2 is 2.06 bits per heavy atom. The van der Waals surface area contributed by atoms with Crippen LogP contribution in [-0.4, -0.2) is 40.7 Å². The first-order valence-electron chi connectivity index (χ1n) is 5.80.